The molecule has 0 unspecified atom stereocenters. The lowest BCUT2D eigenvalue weighted by Crippen LogP contribution is -2.18. The van der Waals surface area contributed by atoms with E-state index in [9.17, 15) is 15.0 Å². The molecule has 0 saturated heterocycles. The van der Waals surface area contributed by atoms with E-state index in [4.69, 9.17) is 17.3 Å². The third-order valence-corrected chi connectivity index (χ3v) is 4.42. The first-order valence-corrected chi connectivity index (χ1v) is 8.37. The molecule has 3 aromatic rings. The molecule has 0 aliphatic rings. The Bertz CT molecular complexity index is 915. The highest BCUT2D eigenvalue weighted by Crippen LogP contribution is 2.34. The van der Waals surface area contributed by atoms with E-state index in [1.165, 1.54) is 12.1 Å². The quantitative estimate of drug-likeness (QED) is 0.619. The van der Waals surface area contributed by atoms with Crippen LogP contribution in [0.2, 0.25) is 5.02 Å². The highest BCUT2D eigenvalue weighted by atomic mass is 35.5. The van der Waals surface area contributed by atoms with Gasteiger partial charge in [-0.15, -0.1) is 0 Å². The highest BCUT2D eigenvalue weighted by Gasteiger charge is 2.15. The molecule has 2 aromatic carbocycles. The van der Waals surface area contributed by atoms with Crippen molar-refractivity contribution >= 4 is 17.5 Å². The summed E-state index contributed by atoms with van der Waals surface area (Å²) in [5, 5.41) is 19.5. The fraction of sp³-hybridized carbons (Fsp3) is 0.158. The van der Waals surface area contributed by atoms with Gasteiger partial charge in [0, 0.05) is 13.0 Å². The van der Waals surface area contributed by atoms with Crippen molar-refractivity contribution in [3.05, 3.63) is 76.3 Å². The summed E-state index contributed by atoms with van der Waals surface area (Å²) in [6.07, 6.45) is 2.25. The first-order valence-electron chi connectivity index (χ1n) is 7.99. The maximum atomic E-state index is 11.5. The Balaban J connectivity index is 1.93. The zero-order valence-corrected chi connectivity index (χ0v) is 14.6. The largest absolute Gasteiger partial charge is 0.506 e. The van der Waals surface area contributed by atoms with Gasteiger partial charge in [-0.2, -0.15) is 0 Å². The van der Waals surface area contributed by atoms with Gasteiger partial charge in [0.2, 0.25) is 5.91 Å². The second-order valence-electron chi connectivity index (χ2n) is 6.02. The van der Waals surface area contributed by atoms with Crippen molar-refractivity contribution in [2.24, 2.45) is 5.73 Å². The number of aromatic nitrogens is 2. The standard InChI is InChI=1S/C19H18ClN3O3/c20-19-16(24)7-13(8-17(19)25)10-23-11-22-14(15(23)9-18(21)26)6-12-4-2-1-3-5-12/h1-5,7-8,11,24-25H,6,9-10H2,(H2,21,26). The first-order chi connectivity index (χ1) is 12.4. The van der Waals surface area contributed by atoms with Crippen molar-refractivity contribution in [1.29, 1.82) is 0 Å². The van der Waals surface area contributed by atoms with E-state index in [1.54, 1.807) is 10.9 Å². The maximum Gasteiger partial charge on any atom is 0.223 e. The number of carbonyl (C=O) groups is 1. The van der Waals surface area contributed by atoms with Gasteiger partial charge >= 0.3 is 0 Å². The van der Waals surface area contributed by atoms with Gasteiger partial charge in [-0.3, -0.25) is 4.79 Å². The van der Waals surface area contributed by atoms with E-state index >= 15 is 0 Å². The van der Waals surface area contributed by atoms with Crippen molar-refractivity contribution in [3.8, 4) is 11.5 Å². The molecule has 6 nitrogen and oxygen atoms in total. The minimum absolute atomic E-state index is 0.0493. The molecule has 0 aliphatic carbocycles. The van der Waals surface area contributed by atoms with Crippen molar-refractivity contribution in [2.45, 2.75) is 19.4 Å². The van der Waals surface area contributed by atoms with Gasteiger partial charge in [0.25, 0.3) is 0 Å². The minimum Gasteiger partial charge on any atom is -0.506 e. The van der Waals surface area contributed by atoms with Crippen LogP contribution in [0.1, 0.15) is 22.5 Å². The Morgan fingerprint density at radius 1 is 1.12 bits per heavy atom. The van der Waals surface area contributed by atoms with Crippen LogP contribution in [0.3, 0.4) is 0 Å². The third kappa shape index (κ3) is 3.97. The molecule has 0 aliphatic heterocycles. The summed E-state index contributed by atoms with van der Waals surface area (Å²) in [6, 6.07) is 12.7. The average molecular weight is 372 g/mol. The van der Waals surface area contributed by atoms with Gasteiger partial charge in [0.15, 0.2) is 0 Å². The zero-order valence-electron chi connectivity index (χ0n) is 13.9. The minimum atomic E-state index is -0.456. The van der Waals surface area contributed by atoms with E-state index in [0.717, 1.165) is 11.3 Å². The number of amides is 1. The number of aromatic hydroxyl groups is 2. The van der Waals surface area contributed by atoms with Crippen molar-refractivity contribution in [3.63, 3.8) is 0 Å². The van der Waals surface area contributed by atoms with Crippen LogP contribution in [0.25, 0.3) is 0 Å². The molecule has 0 radical (unpaired) electrons. The molecule has 1 amide bonds. The maximum absolute atomic E-state index is 11.5. The topological polar surface area (TPSA) is 101 Å². The summed E-state index contributed by atoms with van der Waals surface area (Å²) >= 11 is 5.77. The zero-order chi connectivity index (χ0) is 18.7. The van der Waals surface area contributed by atoms with E-state index < -0.39 is 5.91 Å². The van der Waals surface area contributed by atoms with Crippen molar-refractivity contribution in [2.75, 3.05) is 0 Å². The Labute approximate surface area is 155 Å². The number of nitrogens with two attached hydrogens (primary N) is 1. The Kier molecular flexibility index (Phi) is 5.14. The number of benzene rings is 2. The molecule has 3 rings (SSSR count). The van der Waals surface area contributed by atoms with Crippen LogP contribution in [0.5, 0.6) is 11.5 Å². The summed E-state index contributed by atoms with van der Waals surface area (Å²) < 4.78 is 1.78. The smallest absolute Gasteiger partial charge is 0.223 e. The molecular formula is C19H18ClN3O3. The molecular weight excluding hydrogens is 354 g/mol. The molecule has 134 valence electrons. The molecule has 0 bridgehead atoms. The number of phenols is 2. The van der Waals surface area contributed by atoms with E-state index in [-0.39, 0.29) is 22.9 Å². The number of rotatable bonds is 6. The van der Waals surface area contributed by atoms with E-state index in [1.807, 2.05) is 30.3 Å². The number of imidazole rings is 1. The SMILES string of the molecule is NC(=O)Cc1c(Cc2ccccc2)ncn1Cc1cc(O)c(Cl)c(O)c1. The lowest BCUT2D eigenvalue weighted by Gasteiger charge is -2.11. The molecule has 1 aromatic heterocycles. The second-order valence-corrected chi connectivity index (χ2v) is 6.40. The third-order valence-electron chi connectivity index (χ3n) is 4.04. The van der Waals surface area contributed by atoms with Crippen LogP contribution >= 0.6 is 11.6 Å². The van der Waals surface area contributed by atoms with Gasteiger partial charge in [-0.05, 0) is 23.3 Å². The molecule has 0 saturated carbocycles. The average Bonchev–Trinajstić information content (AvgIpc) is 2.95. The lowest BCUT2D eigenvalue weighted by molar-refractivity contribution is -0.117. The molecule has 4 N–H and O–H groups in total. The predicted octanol–water partition coefficient (Wildman–Crippen LogP) is 2.61. The summed E-state index contributed by atoms with van der Waals surface area (Å²) in [5.74, 6) is -0.867. The monoisotopic (exact) mass is 371 g/mol. The van der Waals surface area contributed by atoms with Crippen molar-refractivity contribution in [1.82, 2.24) is 9.55 Å². The van der Waals surface area contributed by atoms with Gasteiger partial charge in [0.1, 0.15) is 16.5 Å². The van der Waals surface area contributed by atoms with Crippen LogP contribution in [-0.2, 0) is 24.2 Å². The number of nitrogens with zero attached hydrogens (tertiary/aromatic N) is 2. The number of halogens is 1. The number of phenolic OH excluding ortho intramolecular Hbond substituents is 2. The van der Waals surface area contributed by atoms with Gasteiger partial charge in [-0.1, -0.05) is 41.9 Å². The Morgan fingerprint density at radius 2 is 1.77 bits per heavy atom. The number of hydrogen-bond acceptors (Lipinski definition) is 4. The van der Waals surface area contributed by atoms with E-state index in [0.29, 0.717) is 24.2 Å². The molecule has 0 spiro atoms. The van der Waals surface area contributed by atoms with Gasteiger partial charge in [-0.25, -0.2) is 4.98 Å². The molecule has 0 atom stereocenters. The first kappa shape index (κ1) is 17.8. The van der Waals surface area contributed by atoms with Crippen LogP contribution < -0.4 is 5.73 Å². The second kappa shape index (κ2) is 7.49. The van der Waals surface area contributed by atoms with Gasteiger partial charge < -0.3 is 20.5 Å². The summed E-state index contributed by atoms with van der Waals surface area (Å²) in [4.78, 5) is 15.9. The Hall–Kier alpha value is -2.99. The lowest BCUT2D eigenvalue weighted by atomic mass is 10.1. The molecule has 1 heterocycles. The molecule has 26 heavy (non-hydrogen) atoms. The van der Waals surface area contributed by atoms with Crippen LogP contribution in [0.15, 0.2) is 48.8 Å². The molecule has 0 fully saturated rings. The number of hydrogen-bond donors (Lipinski definition) is 3. The highest BCUT2D eigenvalue weighted by molar-refractivity contribution is 6.33. The number of primary amides is 1. The summed E-state index contributed by atoms with van der Waals surface area (Å²) in [7, 11) is 0. The van der Waals surface area contributed by atoms with Gasteiger partial charge in [0.05, 0.1) is 24.1 Å². The van der Waals surface area contributed by atoms with Crippen LogP contribution in [-0.4, -0.2) is 25.7 Å². The predicted molar refractivity (Wildman–Crippen MR) is 98.3 cm³/mol. The Morgan fingerprint density at radius 3 is 2.38 bits per heavy atom. The molecule has 7 heteroatoms. The van der Waals surface area contributed by atoms with Crippen LogP contribution in [0.4, 0.5) is 0 Å². The number of carbonyl (C=O) groups excluding carboxylic acids is 1. The fourth-order valence-electron chi connectivity index (χ4n) is 2.83. The normalized spacial score (nSPS) is 10.8. The van der Waals surface area contributed by atoms with Crippen molar-refractivity contribution < 1.29 is 15.0 Å². The van der Waals surface area contributed by atoms with Crippen LogP contribution in [0, 0.1) is 0 Å². The fourth-order valence-corrected chi connectivity index (χ4v) is 2.94. The summed E-state index contributed by atoms with van der Waals surface area (Å²) in [6.45, 7) is 0.308. The summed E-state index contributed by atoms with van der Waals surface area (Å²) in [5.41, 5.74) is 8.56. The van der Waals surface area contributed by atoms with E-state index in [2.05, 4.69) is 4.98 Å².